The number of rotatable bonds is 1. The van der Waals surface area contributed by atoms with Crippen LogP contribution in [0.3, 0.4) is 0 Å². The Morgan fingerprint density at radius 3 is 2.69 bits per heavy atom. The number of anilines is 1. The molecule has 7 heteroatoms. The fourth-order valence-electron chi connectivity index (χ4n) is 1.47. The zero-order valence-corrected chi connectivity index (χ0v) is 8.23. The summed E-state index contributed by atoms with van der Waals surface area (Å²) in [7, 11) is -1.63. The van der Waals surface area contributed by atoms with Crippen LogP contribution in [0.25, 0.3) is 0 Å². The van der Waals surface area contributed by atoms with Crippen LogP contribution in [-0.2, 0) is 4.79 Å². The van der Waals surface area contributed by atoms with Crippen molar-refractivity contribution >= 4 is 30.1 Å². The SMILES string of the molecule is O=C1CNC(=O)c2ccc(B(O)O)cc2N1. The third-order valence-corrected chi connectivity index (χ3v) is 2.27. The largest absolute Gasteiger partial charge is 0.488 e. The highest BCUT2D eigenvalue weighted by Crippen LogP contribution is 2.15. The molecule has 1 aromatic rings. The van der Waals surface area contributed by atoms with Crippen molar-refractivity contribution in [2.45, 2.75) is 0 Å². The van der Waals surface area contributed by atoms with Crippen LogP contribution in [0.5, 0.6) is 0 Å². The first kappa shape index (κ1) is 10.7. The van der Waals surface area contributed by atoms with Crippen molar-refractivity contribution < 1.29 is 19.6 Å². The molecule has 0 saturated heterocycles. The highest BCUT2D eigenvalue weighted by atomic mass is 16.4. The van der Waals surface area contributed by atoms with Crippen LogP contribution < -0.4 is 16.1 Å². The third kappa shape index (κ3) is 1.90. The number of hydrogen-bond donors (Lipinski definition) is 4. The lowest BCUT2D eigenvalue weighted by Crippen LogP contribution is -2.30. The van der Waals surface area contributed by atoms with E-state index in [-0.39, 0.29) is 29.5 Å². The van der Waals surface area contributed by atoms with Crippen molar-refractivity contribution in [2.24, 2.45) is 0 Å². The van der Waals surface area contributed by atoms with E-state index in [4.69, 9.17) is 10.0 Å². The van der Waals surface area contributed by atoms with E-state index in [0.717, 1.165) is 0 Å². The van der Waals surface area contributed by atoms with Crippen LogP contribution in [0, 0.1) is 0 Å². The second-order valence-electron chi connectivity index (χ2n) is 3.41. The van der Waals surface area contributed by atoms with E-state index in [9.17, 15) is 9.59 Å². The van der Waals surface area contributed by atoms with Gasteiger partial charge in [0.25, 0.3) is 5.91 Å². The standard InChI is InChI=1S/C9H9BN2O4/c13-8-4-11-9(14)6-2-1-5(10(15)16)3-7(6)12-8/h1-3,15-16H,4H2,(H,11,14)(H,12,13). The molecule has 0 unspecified atom stereocenters. The zero-order chi connectivity index (χ0) is 11.7. The summed E-state index contributed by atoms with van der Waals surface area (Å²) in [5.41, 5.74) is 0.801. The molecule has 0 atom stereocenters. The number of fused-ring (bicyclic) bond motifs is 1. The molecule has 0 aliphatic carbocycles. The second kappa shape index (κ2) is 3.95. The maximum Gasteiger partial charge on any atom is 0.488 e. The summed E-state index contributed by atoms with van der Waals surface area (Å²) in [5, 5.41) is 22.9. The van der Waals surface area contributed by atoms with Crippen LogP contribution in [0.4, 0.5) is 5.69 Å². The molecule has 4 N–H and O–H groups in total. The minimum Gasteiger partial charge on any atom is -0.423 e. The molecule has 16 heavy (non-hydrogen) atoms. The Bertz CT molecular complexity index is 461. The molecule has 0 radical (unpaired) electrons. The van der Waals surface area contributed by atoms with E-state index in [2.05, 4.69) is 10.6 Å². The normalized spacial score (nSPS) is 14.6. The molecule has 1 aliphatic heterocycles. The summed E-state index contributed by atoms with van der Waals surface area (Å²) >= 11 is 0. The van der Waals surface area contributed by atoms with Crippen LogP contribution >= 0.6 is 0 Å². The summed E-state index contributed by atoms with van der Waals surface area (Å²) in [6.07, 6.45) is 0. The fourth-order valence-corrected chi connectivity index (χ4v) is 1.47. The molecule has 0 saturated carbocycles. The number of nitrogens with one attached hydrogen (secondary N) is 2. The lowest BCUT2D eigenvalue weighted by molar-refractivity contribution is -0.115. The number of hydrogen-bond acceptors (Lipinski definition) is 4. The van der Waals surface area contributed by atoms with Gasteiger partial charge in [0.2, 0.25) is 5.91 Å². The van der Waals surface area contributed by atoms with Gasteiger partial charge in [-0.05, 0) is 17.6 Å². The highest BCUT2D eigenvalue weighted by molar-refractivity contribution is 6.58. The van der Waals surface area contributed by atoms with Gasteiger partial charge in [0, 0.05) is 0 Å². The minimum absolute atomic E-state index is 0.0927. The summed E-state index contributed by atoms with van der Waals surface area (Å²) in [6, 6.07) is 4.22. The number of benzene rings is 1. The van der Waals surface area contributed by atoms with Gasteiger partial charge < -0.3 is 20.7 Å². The number of amides is 2. The first-order chi connectivity index (χ1) is 7.58. The van der Waals surface area contributed by atoms with Gasteiger partial charge in [0.05, 0.1) is 17.8 Å². The molecule has 0 fully saturated rings. The monoisotopic (exact) mass is 220 g/mol. The Morgan fingerprint density at radius 1 is 1.25 bits per heavy atom. The van der Waals surface area contributed by atoms with Gasteiger partial charge >= 0.3 is 7.12 Å². The highest BCUT2D eigenvalue weighted by Gasteiger charge is 2.21. The lowest BCUT2D eigenvalue weighted by atomic mass is 9.79. The number of carbonyl (C=O) groups is 2. The quantitative estimate of drug-likeness (QED) is 0.413. The van der Waals surface area contributed by atoms with Crippen molar-refractivity contribution in [1.29, 1.82) is 0 Å². The van der Waals surface area contributed by atoms with E-state index in [1.807, 2.05) is 0 Å². The van der Waals surface area contributed by atoms with E-state index in [1.54, 1.807) is 0 Å². The maximum atomic E-state index is 11.5. The molecular weight excluding hydrogens is 211 g/mol. The van der Waals surface area contributed by atoms with E-state index in [1.165, 1.54) is 18.2 Å². The van der Waals surface area contributed by atoms with Crippen molar-refractivity contribution in [3.8, 4) is 0 Å². The van der Waals surface area contributed by atoms with Crippen LogP contribution in [0.2, 0.25) is 0 Å². The van der Waals surface area contributed by atoms with E-state index >= 15 is 0 Å². The Kier molecular flexibility index (Phi) is 2.63. The molecule has 0 spiro atoms. The molecule has 1 aromatic carbocycles. The number of carbonyl (C=O) groups excluding carboxylic acids is 2. The summed E-state index contributed by atoms with van der Waals surface area (Å²) in [4.78, 5) is 22.7. The topological polar surface area (TPSA) is 98.7 Å². The van der Waals surface area contributed by atoms with Gasteiger partial charge in [0.1, 0.15) is 0 Å². The second-order valence-corrected chi connectivity index (χ2v) is 3.41. The molecular formula is C9H9BN2O4. The molecule has 1 aliphatic rings. The molecule has 0 bridgehead atoms. The molecule has 2 amide bonds. The predicted molar refractivity (Wildman–Crippen MR) is 57.2 cm³/mol. The average Bonchev–Trinajstić information content (AvgIpc) is 2.38. The van der Waals surface area contributed by atoms with Gasteiger partial charge in [-0.25, -0.2) is 0 Å². The first-order valence-corrected chi connectivity index (χ1v) is 4.66. The zero-order valence-electron chi connectivity index (χ0n) is 8.23. The van der Waals surface area contributed by atoms with Crippen LogP contribution in [-0.4, -0.2) is 35.5 Å². The molecule has 6 nitrogen and oxygen atoms in total. The fraction of sp³-hybridized carbons (Fsp3) is 0.111. The van der Waals surface area contributed by atoms with Gasteiger partial charge in [-0.2, -0.15) is 0 Å². The van der Waals surface area contributed by atoms with Crippen molar-refractivity contribution in [3.05, 3.63) is 23.8 Å². The molecule has 0 aromatic heterocycles. The third-order valence-electron chi connectivity index (χ3n) is 2.27. The first-order valence-electron chi connectivity index (χ1n) is 4.66. The Hall–Kier alpha value is -1.86. The van der Waals surface area contributed by atoms with Crippen molar-refractivity contribution in [1.82, 2.24) is 5.32 Å². The maximum absolute atomic E-state index is 11.5. The molecule has 1 heterocycles. The Labute approximate surface area is 91.4 Å². The van der Waals surface area contributed by atoms with E-state index in [0.29, 0.717) is 5.56 Å². The summed E-state index contributed by atoms with van der Waals surface area (Å²) in [6.45, 7) is -0.0927. The van der Waals surface area contributed by atoms with Gasteiger partial charge in [-0.3, -0.25) is 9.59 Å². The minimum atomic E-state index is -1.63. The van der Waals surface area contributed by atoms with Gasteiger partial charge in [0.15, 0.2) is 0 Å². The van der Waals surface area contributed by atoms with Crippen LogP contribution in [0.15, 0.2) is 18.2 Å². The average molecular weight is 220 g/mol. The van der Waals surface area contributed by atoms with Gasteiger partial charge in [-0.15, -0.1) is 0 Å². The van der Waals surface area contributed by atoms with Crippen molar-refractivity contribution in [2.75, 3.05) is 11.9 Å². The molecule has 82 valence electrons. The Morgan fingerprint density at radius 2 is 2.00 bits per heavy atom. The van der Waals surface area contributed by atoms with Gasteiger partial charge in [-0.1, -0.05) is 6.07 Å². The summed E-state index contributed by atoms with van der Waals surface area (Å²) in [5.74, 6) is -0.719. The lowest BCUT2D eigenvalue weighted by Gasteiger charge is -2.07. The molecule has 2 rings (SSSR count). The summed E-state index contributed by atoms with van der Waals surface area (Å²) < 4.78 is 0. The predicted octanol–water partition coefficient (Wildman–Crippen LogP) is -1.95. The van der Waals surface area contributed by atoms with Crippen LogP contribution in [0.1, 0.15) is 10.4 Å². The Balaban J connectivity index is 2.47. The smallest absolute Gasteiger partial charge is 0.423 e. The van der Waals surface area contributed by atoms with E-state index < -0.39 is 7.12 Å². The van der Waals surface area contributed by atoms with Crippen molar-refractivity contribution in [3.63, 3.8) is 0 Å².